The Morgan fingerprint density at radius 2 is 1.89 bits per heavy atom. The fourth-order valence-electron chi connectivity index (χ4n) is 1.69. The molecular formula is C14H21F2NO. The second-order valence-corrected chi connectivity index (χ2v) is 4.45. The van der Waals surface area contributed by atoms with E-state index in [0.29, 0.717) is 6.04 Å². The maximum atomic E-state index is 12.0. The molecule has 0 amide bonds. The van der Waals surface area contributed by atoms with Crippen molar-refractivity contribution in [3.8, 4) is 5.75 Å². The van der Waals surface area contributed by atoms with Gasteiger partial charge in [-0.25, -0.2) is 0 Å². The van der Waals surface area contributed by atoms with Gasteiger partial charge in [-0.15, -0.1) is 0 Å². The minimum absolute atomic E-state index is 0.202. The van der Waals surface area contributed by atoms with Crippen LogP contribution in [0.4, 0.5) is 8.78 Å². The van der Waals surface area contributed by atoms with E-state index in [2.05, 4.69) is 23.9 Å². The molecule has 0 saturated carbocycles. The maximum Gasteiger partial charge on any atom is 0.387 e. The summed E-state index contributed by atoms with van der Waals surface area (Å²) in [6, 6.07) is 7.22. The molecule has 0 aromatic heterocycles. The molecule has 0 spiro atoms. The van der Waals surface area contributed by atoms with E-state index in [9.17, 15) is 8.78 Å². The lowest BCUT2D eigenvalue weighted by atomic mass is 10.1. The molecule has 1 atom stereocenters. The van der Waals surface area contributed by atoms with Crippen LogP contribution in [0.5, 0.6) is 5.75 Å². The van der Waals surface area contributed by atoms with Crippen LogP contribution in [0, 0.1) is 0 Å². The molecule has 0 radical (unpaired) electrons. The van der Waals surface area contributed by atoms with Gasteiger partial charge in [-0.2, -0.15) is 8.78 Å². The normalized spacial score (nSPS) is 12.7. The molecule has 0 saturated heterocycles. The number of benzene rings is 1. The summed E-state index contributed by atoms with van der Waals surface area (Å²) in [6.45, 7) is 2.32. The van der Waals surface area contributed by atoms with Crippen molar-refractivity contribution in [1.82, 2.24) is 5.32 Å². The average molecular weight is 257 g/mol. The zero-order chi connectivity index (χ0) is 13.4. The Hall–Kier alpha value is -1.16. The third kappa shape index (κ3) is 5.96. The largest absolute Gasteiger partial charge is 0.435 e. The minimum atomic E-state index is -2.76. The second kappa shape index (κ2) is 8.03. The number of ether oxygens (including phenoxy) is 1. The maximum absolute atomic E-state index is 12.0. The lowest BCUT2D eigenvalue weighted by molar-refractivity contribution is -0.0498. The van der Waals surface area contributed by atoms with Gasteiger partial charge in [0, 0.05) is 12.6 Å². The molecule has 0 aliphatic carbocycles. The first kappa shape index (κ1) is 14.9. The lowest BCUT2D eigenvalue weighted by Crippen LogP contribution is -2.25. The van der Waals surface area contributed by atoms with E-state index >= 15 is 0 Å². The SMILES string of the molecule is CCCCC(C)NCc1ccc(OC(F)F)cc1. The molecule has 0 heterocycles. The number of alkyl halides is 2. The van der Waals surface area contributed by atoms with Crippen LogP contribution in [-0.4, -0.2) is 12.7 Å². The van der Waals surface area contributed by atoms with E-state index in [1.165, 1.54) is 12.8 Å². The molecule has 1 aromatic rings. The highest BCUT2D eigenvalue weighted by Crippen LogP contribution is 2.15. The molecule has 1 rings (SSSR count). The van der Waals surface area contributed by atoms with Gasteiger partial charge in [0.15, 0.2) is 0 Å². The number of unbranched alkanes of at least 4 members (excludes halogenated alkanes) is 1. The molecule has 0 fully saturated rings. The fraction of sp³-hybridized carbons (Fsp3) is 0.571. The molecule has 1 aromatic carbocycles. The van der Waals surface area contributed by atoms with Crippen molar-refractivity contribution in [1.29, 1.82) is 0 Å². The van der Waals surface area contributed by atoms with Crippen molar-refractivity contribution in [2.45, 2.75) is 52.3 Å². The first-order valence-corrected chi connectivity index (χ1v) is 6.39. The standard InChI is InChI=1S/C14H21F2NO/c1-3-4-5-11(2)17-10-12-6-8-13(9-7-12)18-14(15)16/h6-9,11,14,17H,3-5,10H2,1-2H3. The zero-order valence-corrected chi connectivity index (χ0v) is 11.0. The van der Waals surface area contributed by atoms with Crippen LogP contribution in [0.1, 0.15) is 38.7 Å². The smallest absolute Gasteiger partial charge is 0.387 e. The molecule has 18 heavy (non-hydrogen) atoms. The van der Waals surface area contributed by atoms with Gasteiger partial charge < -0.3 is 10.1 Å². The van der Waals surface area contributed by atoms with Gasteiger partial charge in [-0.3, -0.25) is 0 Å². The summed E-state index contributed by atoms with van der Waals surface area (Å²) < 4.78 is 28.2. The van der Waals surface area contributed by atoms with Gasteiger partial charge in [0.1, 0.15) is 5.75 Å². The van der Waals surface area contributed by atoms with Crippen molar-refractivity contribution in [3.05, 3.63) is 29.8 Å². The van der Waals surface area contributed by atoms with Crippen molar-refractivity contribution < 1.29 is 13.5 Å². The van der Waals surface area contributed by atoms with E-state index in [-0.39, 0.29) is 5.75 Å². The number of nitrogens with one attached hydrogen (secondary N) is 1. The van der Waals surface area contributed by atoms with Crippen molar-refractivity contribution in [2.75, 3.05) is 0 Å². The summed E-state index contributed by atoms with van der Waals surface area (Å²) in [5.74, 6) is 0.202. The summed E-state index contributed by atoms with van der Waals surface area (Å²) in [7, 11) is 0. The molecule has 4 heteroatoms. The van der Waals surface area contributed by atoms with Crippen LogP contribution in [0.2, 0.25) is 0 Å². The predicted molar refractivity (Wildman–Crippen MR) is 68.9 cm³/mol. The fourth-order valence-corrected chi connectivity index (χ4v) is 1.69. The highest BCUT2D eigenvalue weighted by molar-refractivity contribution is 5.27. The average Bonchev–Trinajstić information content (AvgIpc) is 2.35. The van der Waals surface area contributed by atoms with Crippen molar-refractivity contribution >= 4 is 0 Å². The first-order valence-electron chi connectivity index (χ1n) is 6.39. The molecule has 2 nitrogen and oxygen atoms in total. The summed E-state index contributed by atoms with van der Waals surface area (Å²) >= 11 is 0. The first-order chi connectivity index (χ1) is 8.61. The summed E-state index contributed by atoms with van der Waals surface area (Å²) in [6.07, 6.45) is 3.57. The third-order valence-corrected chi connectivity index (χ3v) is 2.79. The molecule has 0 aliphatic heterocycles. The third-order valence-electron chi connectivity index (χ3n) is 2.79. The van der Waals surface area contributed by atoms with Crippen LogP contribution < -0.4 is 10.1 Å². The molecular weight excluding hydrogens is 236 g/mol. The minimum Gasteiger partial charge on any atom is -0.435 e. The van der Waals surface area contributed by atoms with Crippen LogP contribution in [0.3, 0.4) is 0 Å². The van der Waals surface area contributed by atoms with Crippen LogP contribution >= 0.6 is 0 Å². The molecule has 0 bridgehead atoms. The van der Waals surface area contributed by atoms with Crippen molar-refractivity contribution in [3.63, 3.8) is 0 Å². The zero-order valence-electron chi connectivity index (χ0n) is 11.0. The predicted octanol–water partition coefficient (Wildman–Crippen LogP) is 3.96. The number of hydrogen-bond acceptors (Lipinski definition) is 2. The topological polar surface area (TPSA) is 21.3 Å². The summed E-state index contributed by atoms with van der Waals surface area (Å²) in [4.78, 5) is 0. The highest BCUT2D eigenvalue weighted by Gasteiger charge is 2.04. The van der Waals surface area contributed by atoms with Crippen LogP contribution in [0.25, 0.3) is 0 Å². The van der Waals surface area contributed by atoms with E-state index in [0.717, 1.165) is 18.5 Å². The monoisotopic (exact) mass is 257 g/mol. The van der Waals surface area contributed by atoms with Gasteiger partial charge in [-0.05, 0) is 31.0 Å². The summed E-state index contributed by atoms with van der Waals surface area (Å²) in [5, 5.41) is 3.40. The second-order valence-electron chi connectivity index (χ2n) is 4.45. The Morgan fingerprint density at radius 1 is 1.22 bits per heavy atom. The van der Waals surface area contributed by atoms with Gasteiger partial charge in [-0.1, -0.05) is 31.9 Å². The Morgan fingerprint density at radius 3 is 2.44 bits per heavy atom. The van der Waals surface area contributed by atoms with Gasteiger partial charge in [0.25, 0.3) is 0 Å². The van der Waals surface area contributed by atoms with E-state index < -0.39 is 6.61 Å². The van der Waals surface area contributed by atoms with E-state index in [1.807, 2.05) is 0 Å². The lowest BCUT2D eigenvalue weighted by Gasteiger charge is -2.13. The van der Waals surface area contributed by atoms with Gasteiger partial charge >= 0.3 is 6.61 Å². The molecule has 102 valence electrons. The van der Waals surface area contributed by atoms with Crippen LogP contribution in [-0.2, 0) is 6.54 Å². The van der Waals surface area contributed by atoms with E-state index in [1.54, 1.807) is 24.3 Å². The number of rotatable bonds is 8. The molecule has 0 aliphatic rings. The highest BCUT2D eigenvalue weighted by atomic mass is 19.3. The molecule has 1 N–H and O–H groups in total. The Kier molecular flexibility index (Phi) is 6.65. The Bertz CT molecular complexity index is 327. The quantitative estimate of drug-likeness (QED) is 0.761. The molecule has 1 unspecified atom stereocenters. The Labute approximate surface area is 107 Å². The van der Waals surface area contributed by atoms with Gasteiger partial charge in [0.2, 0.25) is 0 Å². The van der Waals surface area contributed by atoms with Crippen molar-refractivity contribution in [2.24, 2.45) is 0 Å². The Balaban J connectivity index is 2.34. The summed E-state index contributed by atoms with van der Waals surface area (Å²) in [5.41, 5.74) is 1.07. The van der Waals surface area contributed by atoms with Gasteiger partial charge in [0.05, 0.1) is 0 Å². The van der Waals surface area contributed by atoms with Crippen LogP contribution in [0.15, 0.2) is 24.3 Å². The number of halogens is 2. The number of hydrogen-bond donors (Lipinski definition) is 1. The van der Waals surface area contributed by atoms with E-state index in [4.69, 9.17) is 0 Å².